The number of nitrogens with zero attached hydrogens (tertiary/aromatic N) is 1. The zero-order chi connectivity index (χ0) is 23.4. The number of aromatic amines is 1. The number of rotatable bonds is 5. The van der Waals surface area contributed by atoms with Gasteiger partial charge >= 0.3 is 0 Å². The predicted octanol–water partition coefficient (Wildman–Crippen LogP) is 3.03. The van der Waals surface area contributed by atoms with Crippen LogP contribution >= 0.6 is 12.2 Å². The van der Waals surface area contributed by atoms with Gasteiger partial charge in [-0.05, 0) is 66.8 Å². The topological polar surface area (TPSA) is 105 Å². The molecule has 0 aliphatic heterocycles. The maximum absolute atomic E-state index is 12.9. The molecule has 3 aromatic carbocycles. The zero-order valence-electron chi connectivity index (χ0n) is 17.0. The van der Waals surface area contributed by atoms with Crippen LogP contribution in [0.1, 0.15) is 10.4 Å². The van der Waals surface area contributed by atoms with E-state index in [0.717, 1.165) is 0 Å². The highest BCUT2D eigenvalue weighted by Crippen LogP contribution is 2.13. The molecule has 0 unspecified atom stereocenters. The molecular formula is C23H17FN4O4S. The van der Waals surface area contributed by atoms with Crippen molar-refractivity contribution < 1.29 is 18.7 Å². The Bertz CT molecular complexity index is 1450. The van der Waals surface area contributed by atoms with E-state index in [1.54, 1.807) is 24.3 Å². The van der Waals surface area contributed by atoms with Crippen molar-refractivity contribution in [3.05, 3.63) is 99.3 Å². The number of H-pyrrole nitrogens is 1. The fourth-order valence-electron chi connectivity index (χ4n) is 3.09. The van der Waals surface area contributed by atoms with E-state index < -0.39 is 17.6 Å². The lowest BCUT2D eigenvalue weighted by Gasteiger charge is -2.10. The van der Waals surface area contributed by atoms with Gasteiger partial charge in [0.2, 0.25) is 0 Å². The van der Waals surface area contributed by atoms with Crippen LogP contribution in [0.5, 0.6) is 5.75 Å². The molecule has 0 saturated heterocycles. The van der Waals surface area contributed by atoms with E-state index in [-0.39, 0.29) is 22.5 Å². The molecule has 3 N–H and O–H groups in total. The summed E-state index contributed by atoms with van der Waals surface area (Å²) >= 11 is 5.33. The van der Waals surface area contributed by atoms with Gasteiger partial charge in [-0.25, -0.2) is 4.39 Å². The fourth-order valence-corrected chi connectivity index (χ4v) is 3.38. The number of amides is 2. The van der Waals surface area contributed by atoms with Gasteiger partial charge in [-0.1, -0.05) is 18.2 Å². The SMILES string of the molecule is O=C(COc1ccc(F)cc1)NNC(=O)c1ccc2c(=O)n(-c3ccccc3)c(=S)[nH]c2c1. The van der Waals surface area contributed by atoms with Crippen LogP contribution in [-0.2, 0) is 4.79 Å². The number of carbonyl (C=O) groups is 2. The zero-order valence-corrected chi connectivity index (χ0v) is 17.8. The molecule has 0 saturated carbocycles. The normalized spacial score (nSPS) is 10.6. The summed E-state index contributed by atoms with van der Waals surface area (Å²) < 4.78 is 19.7. The van der Waals surface area contributed by atoms with Gasteiger partial charge in [0.1, 0.15) is 11.6 Å². The van der Waals surface area contributed by atoms with Gasteiger partial charge in [0.15, 0.2) is 11.4 Å². The van der Waals surface area contributed by atoms with E-state index in [1.807, 2.05) is 6.07 Å². The highest BCUT2D eigenvalue weighted by molar-refractivity contribution is 7.71. The Kier molecular flexibility index (Phi) is 6.27. The van der Waals surface area contributed by atoms with E-state index in [0.29, 0.717) is 22.3 Å². The first kappa shape index (κ1) is 21.9. The van der Waals surface area contributed by atoms with Gasteiger partial charge in [0.25, 0.3) is 17.4 Å². The number of halogens is 1. The average Bonchev–Trinajstić information content (AvgIpc) is 2.82. The quantitative estimate of drug-likeness (QED) is 0.311. The summed E-state index contributed by atoms with van der Waals surface area (Å²) in [6, 6.07) is 18.6. The number of hydrogen-bond donors (Lipinski definition) is 3. The van der Waals surface area contributed by atoms with Gasteiger partial charge in [-0.15, -0.1) is 0 Å². The van der Waals surface area contributed by atoms with Crippen LogP contribution in [0.3, 0.4) is 0 Å². The van der Waals surface area contributed by atoms with Gasteiger partial charge in [0.05, 0.1) is 16.6 Å². The second-order valence-electron chi connectivity index (χ2n) is 6.91. The number of nitrogens with one attached hydrogen (secondary N) is 3. The molecule has 166 valence electrons. The number of carbonyl (C=O) groups excluding carboxylic acids is 2. The molecule has 33 heavy (non-hydrogen) atoms. The third-order valence-electron chi connectivity index (χ3n) is 4.67. The van der Waals surface area contributed by atoms with Crippen LogP contribution < -0.4 is 21.1 Å². The molecule has 4 rings (SSSR count). The summed E-state index contributed by atoms with van der Waals surface area (Å²) in [6.07, 6.45) is 0. The highest BCUT2D eigenvalue weighted by Gasteiger charge is 2.12. The fraction of sp³-hybridized carbons (Fsp3) is 0.0435. The Morgan fingerprint density at radius 2 is 1.73 bits per heavy atom. The highest BCUT2D eigenvalue weighted by atomic mass is 32.1. The Morgan fingerprint density at radius 1 is 1.00 bits per heavy atom. The van der Waals surface area contributed by atoms with Crippen LogP contribution in [0.25, 0.3) is 16.6 Å². The minimum atomic E-state index is -0.612. The lowest BCUT2D eigenvalue weighted by Crippen LogP contribution is -2.43. The molecule has 2 amide bonds. The number of benzene rings is 3. The van der Waals surface area contributed by atoms with Crippen molar-refractivity contribution in [3.8, 4) is 11.4 Å². The first-order valence-electron chi connectivity index (χ1n) is 9.74. The molecule has 0 atom stereocenters. The minimum absolute atomic E-state index is 0.183. The summed E-state index contributed by atoms with van der Waals surface area (Å²) in [6.45, 7) is -0.379. The number of hydrazine groups is 1. The lowest BCUT2D eigenvalue weighted by atomic mass is 10.1. The van der Waals surface area contributed by atoms with Crippen LogP contribution in [0, 0.1) is 10.6 Å². The Labute approximate surface area is 191 Å². The molecular weight excluding hydrogens is 447 g/mol. The van der Waals surface area contributed by atoms with E-state index in [9.17, 15) is 18.8 Å². The van der Waals surface area contributed by atoms with Gasteiger partial charge in [-0.2, -0.15) is 0 Å². The maximum atomic E-state index is 12.9. The van der Waals surface area contributed by atoms with Gasteiger partial charge in [0, 0.05) is 5.56 Å². The van der Waals surface area contributed by atoms with Crippen LogP contribution in [0.15, 0.2) is 77.6 Å². The van der Waals surface area contributed by atoms with Crippen molar-refractivity contribution in [1.82, 2.24) is 20.4 Å². The lowest BCUT2D eigenvalue weighted by molar-refractivity contribution is -0.123. The van der Waals surface area contributed by atoms with Crippen molar-refractivity contribution in [2.24, 2.45) is 0 Å². The standard InChI is InChI=1S/C23H17FN4O4S/c24-15-7-9-17(10-8-15)32-13-20(29)26-27-21(30)14-6-11-18-19(12-14)25-23(33)28(22(18)31)16-4-2-1-3-5-16/h1-12H,13H2,(H,25,33)(H,26,29)(H,27,30). The van der Waals surface area contributed by atoms with Crippen molar-refractivity contribution in [2.45, 2.75) is 0 Å². The number of aromatic nitrogens is 2. The summed E-state index contributed by atoms with van der Waals surface area (Å²) in [7, 11) is 0. The van der Waals surface area contributed by atoms with Crippen LogP contribution in [-0.4, -0.2) is 28.0 Å². The summed E-state index contributed by atoms with van der Waals surface area (Å²) in [4.78, 5) is 40.2. The van der Waals surface area contributed by atoms with E-state index in [2.05, 4.69) is 15.8 Å². The summed E-state index contributed by atoms with van der Waals surface area (Å²) in [5.74, 6) is -1.32. The maximum Gasteiger partial charge on any atom is 0.276 e. The largest absolute Gasteiger partial charge is 0.484 e. The molecule has 0 fully saturated rings. The van der Waals surface area contributed by atoms with Crippen LogP contribution in [0.4, 0.5) is 4.39 Å². The second-order valence-corrected chi connectivity index (χ2v) is 7.30. The minimum Gasteiger partial charge on any atom is -0.484 e. The van der Waals surface area contributed by atoms with E-state index in [4.69, 9.17) is 17.0 Å². The van der Waals surface area contributed by atoms with Gasteiger partial charge < -0.3 is 9.72 Å². The molecule has 10 heteroatoms. The molecule has 0 radical (unpaired) electrons. The first-order chi connectivity index (χ1) is 15.9. The molecule has 0 aliphatic carbocycles. The molecule has 4 aromatic rings. The van der Waals surface area contributed by atoms with Crippen molar-refractivity contribution in [2.75, 3.05) is 6.61 Å². The second kappa shape index (κ2) is 9.45. The molecule has 0 aliphatic rings. The molecule has 8 nitrogen and oxygen atoms in total. The van der Waals surface area contributed by atoms with E-state index >= 15 is 0 Å². The number of hydrogen-bond acceptors (Lipinski definition) is 5. The number of ether oxygens (including phenoxy) is 1. The monoisotopic (exact) mass is 464 g/mol. The van der Waals surface area contributed by atoms with Crippen molar-refractivity contribution >= 4 is 34.9 Å². The Balaban J connectivity index is 1.45. The number of para-hydroxylation sites is 1. The third-order valence-corrected chi connectivity index (χ3v) is 4.96. The third kappa shape index (κ3) is 4.96. The van der Waals surface area contributed by atoms with Crippen LogP contribution in [0.2, 0.25) is 0 Å². The summed E-state index contributed by atoms with van der Waals surface area (Å²) in [5, 5.41) is 0.348. The van der Waals surface area contributed by atoms with Gasteiger partial charge in [-0.3, -0.25) is 29.8 Å². The first-order valence-corrected chi connectivity index (χ1v) is 10.2. The molecule has 1 aromatic heterocycles. The summed E-state index contributed by atoms with van der Waals surface area (Å²) in [5.41, 5.74) is 5.39. The van der Waals surface area contributed by atoms with Crippen molar-refractivity contribution in [1.29, 1.82) is 0 Å². The Morgan fingerprint density at radius 3 is 2.45 bits per heavy atom. The molecule has 1 heterocycles. The molecule has 0 bridgehead atoms. The van der Waals surface area contributed by atoms with Crippen molar-refractivity contribution in [3.63, 3.8) is 0 Å². The average molecular weight is 464 g/mol. The number of fused-ring (bicyclic) bond motifs is 1. The van der Waals surface area contributed by atoms with E-state index in [1.165, 1.54) is 47.0 Å². The Hall–Kier alpha value is -4.31. The molecule has 0 spiro atoms. The predicted molar refractivity (Wildman–Crippen MR) is 122 cm³/mol. The smallest absolute Gasteiger partial charge is 0.276 e.